The molecule has 0 atom stereocenters. The fourth-order valence-electron chi connectivity index (χ4n) is 2.35. The lowest BCUT2D eigenvalue weighted by molar-refractivity contribution is -0.134. The number of phenols is 1. The van der Waals surface area contributed by atoms with Gasteiger partial charge in [0.25, 0.3) is 0 Å². The van der Waals surface area contributed by atoms with Crippen molar-refractivity contribution >= 4 is 11.8 Å². The SMILES string of the molecule is NC(=O)C1CCN(C(=O)Cc2ccccc2O)CC1. The molecule has 0 radical (unpaired) electrons. The fraction of sp³-hybridized carbons (Fsp3) is 0.429. The van der Waals surface area contributed by atoms with E-state index >= 15 is 0 Å². The van der Waals surface area contributed by atoms with Crippen molar-refractivity contribution in [2.45, 2.75) is 19.3 Å². The van der Waals surface area contributed by atoms with Crippen molar-refractivity contribution in [1.29, 1.82) is 0 Å². The quantitative estimate of drug-likeness (QED) is 0.839. The number of phenolic OH excluding ortho intramolecular Hbond substituents is 1. The Hall–Kier alpha value is -2.04. The molecule has 0 saturated carbocycles. The van der Waals surface area contributed by atoms with Gasteiger partial charge in [-0.1, -0.05) is 18.2 Å². The van der Waals surface area contributed by atoms with Crippen LogP contribution in [-0.4, -0.2) is 34.9 Å². The van der Waals surface area contributed by atoms with Gasteiger partial charge < -0.3 is 15.7 Å². The minimum Gasteiger partial charge on any atom is -0.508 e. The van der Waals surface area contributed by atoms with Gasteiger partial charge in [0.15, 0.2) is 0 Å². The summed E-state index contributed by atoms with van der Waals surface area (Å²) in [5, 5.41) is 9.64. The third kappa shape index (κ3) is 3.24. The van der Waals surface area contributed by atoms with Crippen LogP contribution in [0.2, 0.25) is 0 Å². The molecule has 1 fully saturated rings. The minimum absolute atomic E-state index is 0.0237. The molecule has 1 aromatic carbocycles. The number of piperidine rings is 1. The standard InChI is InChI=1S/C14H18N2O3/c15-14(19)10-5-7-16(8-6-10)13(18)9-11-3-1-2-4-12(11)17/h1-4,10,17H,5-9H2,(H2,15,19). The topological polar surface area (TPSA) is 83.6 Å². The Bertz CT molecular complexity index is 479. The van der Waals surface area contributed by atoms with E-state index < -0.39 is 0 Å². The first-order valence-electron chi connectivity index (χ1n) is 6.42. The van der Waals surface area contributed by atoms with Crippen molar-refractivity contribution in [1.82, 2.24) is 4.90 Å². The van der Waals surface area contributed by atoms with Crippen LogP contribution in [0.15, 0.2) is 24.3 Å². The minimum atomic E-state index is -0.284. The van der Waals surface area contributed by atoms with Crippen molar-refractivity contribution < 1.29 is 14.7 Å². The van der Waals surface area contributed by atoms with Gasteiger partial charge in [-0.3, -0.25) is 9.59 Å². The van der Waals surface area contributed by atoms with Crippen LogP contribution < -0.4 is 5.73 Å². The Morgan fingerprint density at radius 1 is 1.26 bits per heavy atom. The third-order valence-electron chi connectivity index (χ3n) is 3.58. The maximum Gasteiger partial charge on any atom is 0.227 e. The van der Waals surface area contributed by atoms with Gasteiger partial charge >= 0.3 is 0 Å². The molecular formula is C14H18N2O3. The lowest BCUT2D eigenvalue weighted by Gasteiger charge is -2.30. The molecule has 2 amide bonds. The molecule has 19 heavy (non-hydrogen) atoms. The van der Waals surface area contributed by atoms with E-state index in [0.29, 0.717) is 31.5 Å². The van der Waals surface area contributed by atoms with Crippen LogP contribution in [-0.2, 0) is 16.0 Å². The van der Waals surface area contributed by atoms with Crippen molar-refractivity contribution in [3.8, 4) is 5.75 Å². The lowest BCUT2D eigenvalue weighted by Crippen LogP contribution is -2.42. The summed E-state index contributed by atoms with van der Waals surface area (Å²) < 4.78 is 0. The Morgan fingerprint density at radius 3 is 2.47 bits per heavy atom. The van der Waals surface area contributed by atoms with E-state index in [1.165, 1.54) is 0 Å². The zero-order valence-corrected chi connectivity index (χ0v) is 10.7. The largest absolute Gasteiger partial charge is 0.508 e. The molecule has 5 heteroatoms. The number of hydrogen-bond donors (Lipinski definition) is 2. The van der Waals surface area contributed by atoms with Crippen molar-refractivity contribution in [3.05, 3.63) is 29.8 Å². The molecular weight excluding hydrogens is 244 g/mol. The summed E-state index contributed by atoms with van der Waals surface area (Å²) in [6.07, 6.45) is 1.44. The van der Waals surface area contributed by atoms with Gasteiger partial charge in [-0.25, -0.2) is 0 Å². The number of rotatable bonds is 3. The first-order chi connectivity index (χ1) is 9.08. The average Bonchev–Trinajstić information content (AvgIpc) is 2.41. The zero-order valence-electron chi connectivity index (χ0n) is 10.7. The third-order valence-corrected chi connectivity index (χ3v) is 3.58. The second-order valence-corrected chi connectivity index (χ2v) is 4.86. The van der Waals surface area contributed by atoms with Crippen molar-refractivity contribution in [3.63, 3.8) is 0 Å². The second kappa shape index (κ2) is 5.73. The smallest absolute Gasteiger partial charge is 0.227 e. The summed E-state index contributed by atoms with van der Waals surface area (Å²) in [6, 6.07) is 6.83. The number of amides is 2. The highest BCUT2D eigenvalue weighted by Gasteiger charge is 2.25. The first kappa shape index (κ1) is 13.4. The summed E-state index contributed by atoms with van der Waals surface area (Å²) in [7, 11) is 0. The number of likely N-dealkylation sites (tertiary alicyclic amines) is 1. The zero-order chi connectivity index (χ0) is 13.8. The van der Waals surface area contributed by atoms with Crippen LogP contribution in [0.5, 0.6) is 5.75 Å². The summed E-state index contributed by atoms with van der Waals surface area (Å²) in [6.45, 7) is 1.11. The van der Waals surface area contributed by atoms with E-state index in [9.17, 15) is 14.7 Å². The number of carbonyl (C=O) groups is 2. The number of aromatic hydroxyl groups is 1. The molecule has 1 aliphatic rings. The highest BCUT2D eigenvalue weighted by molar-refractivity contribution is 5.80. The maximum absolute atomic E-state index is 12.1. The summed E-state index contributed by atoms with van der Waals surface area (Å²) in [5.74, 6) is -0.283. The molecule has 0 aliphatic carbocycles. The maximum atomic E-state index is 12.1. The van der Waals surface area contributed by atoms with E-state index in [0.717, 1.165) is 0 Å². The van der Waals surface area contributed by atoms with Gasteiger partial charge in [-0.05, 0) is 18.9 Å². The Kier molecular flexibility index (Phi) is 4.04. The Balaban J connectivity index is 1.92. The van der Waals surface area contributed by atoms with Crippen LogP contribution in [0.4, 0.5) is 0 Å². The molecule has 2 rings (SSSR count). The molecule has 5 nitrogen and oxygen atoms in total. The molecule has 0 spiro atoms. The number of primary amides is 1. The predicted octanol–water partition coefficient (Wildman–Crippen LogP) is 0.659. The van der Waals surface area contributed by atoms with E-state index in [2.05, 4.69) is 0 Å². The van der Waals surface area contributed by atoms with Gasteiger partial charge in [0.05, 0.1) is 6.42 Å². The monoisotopic (exact) mass is 262 g/mol. The molecule has 1 aromatic rings. The number of carbonyl (C=O) groups excluding carboxylic acids is 2. The highest BCUT2D eigenvalue weighted by atomic mass is 16.3. The van der Waals surface area contributed by atoms with Gasteiger partial charge in [0.2, 0.25) is 11.8 Å². The summed E-state index contributed by atoms with van der Waals surface area (Å²) in [5.41, 5.74) is 5.89. The molecule has 0 bridgehead atoms. The second-order valence-electron chi connectivity index (χ2n) is 4.86. The number of benzene rings is 1. The Morgan fingerprint density at radius 2 is 1.89 bits per heavy atom. The molecule has 1 aliphatic heterocycles. The average molecular weight is 262 g/mol. The fourth-order valence-corrected chi connectivity index (χ4v) is 2.35. The normalized spacial score (nSPS) is 16.3. The number of nitrogens with two attached hydrogens (primary N) is 1. The van der Waals surface area contributed by atoms with Gasteiger partial charge in [-0.2, -0.15) is 0 Å². The number of hydrogen-bond acceptors (Lipinski definition) is 3. The van der Waals surface area contributed by atoms with E-state index in [1.807, 2.05) is 0 Å². The predicted molar refractivity (Wildman–Crippen MR) is 70.3 cm³/mol. The van der Waals surface area contributed by atoms with Crippen molar-refractivity contribution in [2.24, 2.45) is 11.7 Å². The number of nitrogens with zero attached hydrogens (tertiary/aromatic N) is 1. The highest BCUT2D eigenvalue weighted by Crippen LogP contribution is 2.20. The van der Waals surface area contributed by atoms with E-state index in [1.54, 1.807) is 29.2 Å². The van der Waals surface area contributed by atoms with Crippen LogP contribution in [0.3, 0.4) is 0 Å². The molecule has 102 valence electrons. The molecule has 0 aromatic heterocycles. The Labute approximate surface area is 112 Å². The molecule has 3 N–H and O–H groups in total. The van der Waals surface area contributed by atoms with Crippen molar-refractivity contribution in [2.75, 3.05) is 13.1 Å². The van der Waals surface area contributed by atoms with E-state index in [-0.39, 0.29) is 29.9 Å². The molecule has 1 saturated heterocycles. The molecule has 0 unspecified atom stereocenters. The van der Waals surface area contributed by atoms with Crippen LogP contribution in [0.1, 0.15) is 18.4 Å². The summed E-state index contributed by atoms with van der Waals surface area (Å²) in [4.78, 5) is 24.9. The van der Waals surface area contributed by atoms with Crippen LogP contribution in [0.25, 0.3) is 0 Å². The number of para-hydroxylation sites is 1. The van der Waals surface area contributed by atoms with Gasteiger partial charge in [-0.15, -0.1) is 0 Å². The van der Waals surface area contributed by atoms with E-state index in [4.69, 9.17) is 5.73 Å². The first-order valence-corrected chi connectivity index (χ1v) is 6.42. The summed E-state index contributed by atoms with van der Waals surface area (Å²) >= 11 is 0. The van der Waals surface area contributed by atoms with Gasteiger partial charge in [0.1, 0.15) is 5.75 Å². The van der Waals surface area contributed by atoms with Crippen LogP contribution >= 0.6 is 0 Å². The van der Waals surface area contributed by atoms with Crippen LogP contribution in [0, 0.1) is 5.92 Å². The molecule has 1 heterocycles. The van der Waals surface area contributed by atoms with Gasteiger partial charge in [0, 0.05) is 24.6 Å². The lowest BCUT2D eigenvalue weighted by atomic mass is 9.96.